The third kappa shape index (κ3) is 3.77. The van der Waals surface area contributed by atoms with Gasteiger partial charge in [0.05, 0.1) is 11.4 Å². The molecule has 4 aliphatic rings. The minimum absolute atomic E-state index is 0.0206. The molecule has 4 fully saturated rings. The maximum atomic E-state index is 12.9. The Labute approximate surface area is 194 Å². The first-order valence-corrected chi connectivity index (χ1v) is 12.3. The Bertz CT molecular complexity index is 1180. The van der Waals surface area contributed by atoms with Crippen LogP contribution in [0.3, 0.4) is 0 Å². The van der Waals surface area contributed by atoms with Crippen LogP contribution in [0.25, 0.3) is 5.78 Å². The number of hydrogen-bond donors (Lipinski definition) is 2. The molecule has 0 spiro atoms. The molecule has 0 saturated heterocycles. The lowest BCUT2D eigenvalue weighted by Crippen LogP contribution is -2.54. The number of anilines is 2. The third-order valence-corrected chi connectivity index (χ3v) is 8.23. The number of nitrogens with zero attached hydrogens (tertiary/aromatic N) is 4. The second-order valence-electron chi connectivity index (χ2n) is 10.6. The first-order chi connectivity index (χ1) is 16.0. The highest BCUT2D eigenvalue weighted by atomic mass is 16.1. The highest BCUT2D eigenvalue weighted by Gasteiger charge is 2.51. The molecule has 4 aliphatic carbocycles. The molecule has 1 aromatic carbocycles. The molecule has 2 aromatic heterocycles. The summed E-state index contributed by atoms with van der Waals surface area (Å²) in [5, 5.41) is 11.4. The molecular formula is C26H32N6O. The van der Waals surface area contributed by atoms with Gasteiger partial charge in [0, 0.05) is 23.3 Å². The van der Waals surface area contributed by atoms with Crippen LogP contribution in [-0.2, 0) is 11.2 Å². The van der Waals surface area contributed by atoms with E-state index in [2.05, 4.69) is 37.8 Å². The first kappa shape index (κ1) is 20.6. The number of aromatic nitrogens is 4. The van der Waals surface area contributed by atoms with Crippen LogP contribution in [0.15, 0.2) is 30.6 Å². The number of amides is 1. The fourth-order valence-electron chi connectivity index (χ4n) is 7.22. The lowest BCUT2D eigenvalue weighted by molar-refractivity contribution is -0.116. The number of carbonyl (C=O) groups is 1. The van der Waals surface area contributed by atoms with Crippen LogP contribution in [0.2, 0.25) is 0 Å². The molecule has 2 N–H and O–H groups in total. The van der Waals surface area contributed by atoms with Crippen LogP contribution in [-0.4, -0.2) is 31.0 Å². The van der Waals surface area contributed by atoms with Crippen molar-refractivity contribution >= 4 is 23.1 Å². The van der Waals surface area contributed by atoms with Gasteiger partial charge in [-0.15, -0.1) is 0 Å². The molecule has 2 heterocycles. The standard InChI is InChI=1S/C26H32N6O/c1-16-21(17(2)32-25(29-16)27-15-28-32)7-8-24(33)30-22-5-3-4-6-23(22)31-26-12-18-9-19(13-26)11-20(10-18)14-26/h3-6,15,18-20,31H,7-14H2,1-2H3,(H,30,33). The van der Waals surface area contributed by atoms with Crippen molar-refractivity contribution in [2.75, 3.05) is 10.6 Å². The zero-order chi connectivity index (χ0) is 22.6. The SMILES string of the molecule is Cc1nc2ncnn2c(C)c1CCC(=O)Nc1ccccc1NC12CC3CC(CC(C3)C1)C2. The Hall–Kier alpha value is -2.96. The lowest BCUT2D eigenvalue weighted by atomic mass is 9.53. The van der Waals surface area contributed by atoms with E-state index in [1.807, 2.05) is 26.0 Å². The van der Waals surface area contributed by atoms with E-state index in [-0.39, 0.29) is 11.4 Å². The number of benzene rings is 1. The van der Waals surface area contributed by atoms with Gasteiger partial charge in [-0.05, 0) is 94.2 Å². The summed E-state index contributed by atoms with van der Waals surface area (Å²) < 4.78 is 1.74. The second-order valence-corrected chi connectivity index (χ2v) is 10.6. The topological polar surface area (TPSA) is 84.2 Å². The van der Waals surface area contributed by atoms with E-state index in [1.54, 1.807) is 4.52 Å². The van der Waals surface area contributed by atoms with E-state index in [4.69, 9.17) is 0 Å². The van der Waals surface area contributed by atoms with Gasteiger partial charge < -0.3 is 10.6 Å². The quantitative estimate of drug-likeness (QED) is 0.576. The zero-order valence-corrected chi connectivity index (χ0v) is 19.5. The van der Waals surface area contributed by atoms with Gasteiger partial charge in [0.1, 0.15) is 6.33 Å². The molecule has 3 aromatic rings. The van der Waals surface area contributed by atoms with E-state index >= 15 is 0 Å². The van der Waals surface area contributed by atoms with Gasteiger partial charge in [-0.1, -0.05) is 12.1 Å². The Kier molecular flexibility index (Phi) is 4.89. The highest BCUT2D eigenvalue weighted by molar-refractivity contribution is 5.94. The Morgan fingerprint density at radius 1 is 1.06 bits per heavy atom. The predicted molar refractivity (Wildman–Crippen MR) is 128 cm³/mol. The van der Waals surface area contributed by atoms with Crippen LogP contribution < -0.4 is 10.6 Å². The van der Waals surface area contributed by atoms with Crippen molar-refractivity contribution in [1.29, 1.82) is 0 Å². The predicted octanol–water partition coefficient (Wildman–Crippen LogP) is 4.69. The minimum Gasteiger partial charge on any atom is -0.378 e. The van der Waals surface area contributed by atoms with E-state index in [9.17, 15) is 4.79 Å². The number of carbonyl (C=O) groups excluding carboxylic acids is 1. The van der Waals surface area contributed by atoms with Gasteiger partial charge in [0.2, 0.25) is 5.91 Å². The maximum Gasteiger partial charge on any atom is 0.252 e. The van der Waals surface area contributed by atoms with Crippen LogP contribution in [0.4, 0.5) is 11.4 Å². The summed E-state index contributed by atoms with van der Waals surface area (Å²) in [6, 6.07) is 8.19. The first-order valence-electron chi connectivity index (χ1n) is 12.3. The molecular weight excluding hydrogens is 412 g/mol. The molecule has 7 nitrogen and oxygen atoms in total. The zero-order valence-electron chi connectivity index (χ0n) is 19.5. The Morgan fingerprint density at radius 3 is 2.42 bits per heavy atom. The van der Waals surface area contributed by atoms with Gasteiger partial charge in [-0.2, -0.15) is 10.1 Å². The van der Waals surface area contributed by atoms with Gasteiger partial charge in [0.25, 0.3) is 5.78 Å². The molecule has 0 radical (unpaired) electrons. The van der Waals surface area contributed by atoms with Crippen molar-refractivity contribution < 1.29 is 4.79 Å². The molecule has 0 atom stereocenters. The number of rotatable bonds is 6. The minimum atomic E-state index is 0.0206. The normalized spacial score (nSPS) is 27.8. The average Bonchev–Trinajstić information content (AvgIpc) is 3.22. The fraction of sp³-hybridized carbons (Fsp3) is 0.538. The molecule has 33 heavy (non-hydrogen) atoms. The van der Waals surface area contributed by atoms with Crippen molar-refractivity contribution in [2.24, 2.45) is 17.8 Å². The lowest BCUT2D eigenvalue weighted by Gasteiger charge is -2.57. The van der Waals surface area contributed by atoms with Crippen molar-refractivity contribution in [3.8, 4) is 0 Å². The van der Waals surface area contributed by atoms with E-state index in [1.165, 1.54) is 44.9 Å². The summed E-state index contributed by atoms with van der Waals surface area (Å²) in [4.78, 5) is 21.6. The summed E-state index contributed by atoms with van der Waals surface area (Å²) >= 11 is 0. The average molecular weight is 445 g/mol. The van der Waals surface area contributed by atoms with E-state index in [0.29, 0.717) is 18.6 Å². The molecule has 4 saturated carbocycles. The molecule has 1 amide bonds. The summed E-state index contributed by atoms with van der Waals surface area (Å²) in [7, 11) is 0. The van der Waals surface area contributed by atoms with Crippen molar-refractivity contribution in [2.45, 2.75) is 70.8 Å². The van der Waals surface area contributed by atoms with Crippen molar-refractivity contribution in [3.63, 3.8) is 0 Å². The molecule has 0 unspecified atom stereocenters. The summed E-state index contributed by atoms with van der Waals surface area (Å²) in [6.45, 7) is 3.98. The van der Waals surface area contributed by atoms with Crippen molar-refractivity contribution in [1.82, 2.24) is 19.6 Å². The Balaban J connectivity index is 1.15. The second kappa shape index (κ2) is 7.82. The van der Waals surface area contributed by atoms with E-state index < -0.39 is 0 Å². The number of para-hydroxylation sites is 2. The molecule has 7 rings (SSSR count). The van der Waals surface area contributed by atoms with Gasteiger partial charge in [-0.25, -0.2) is 9.50 Å². The van der Waals surface area contributed by atoms with Crippen molar-refractivity contribution in [3.05, 3.63) is 47.5 Å². The van der Waals surface area contributed by atoms with Gasteiger partial charge in [-0.3, -0.25) is 4.79 Å². The summed E-state index contributed by atoms with van der Waals surface area (Å²) in [5.41, 5.74) is 5.12. The smallest absolute Gasteiger partial charge is 0.252 e. The van der Waals surface area contributed by atoms with Crippen LogP contribution in [0.1, 0.15) is 61.9 Å². The number of nitrogens with one attached hydrogen (secondary N) is 2. The molecule has 7 heteroatoms. The molecule has 0 aliphatic heterocycles. The molecule has 4 bridgehead atoms. The van der Waals surface area contributed by atoms with E-state index in [0.717, 1.165) is 46.1 Å². The molecule has 172 valence electrons. The highest BCUT2D eigenvalue weighted by Crippen LogP contribution is 2.56. The largest absolute Gasteiger partial charge is 0.378 e. The number of hydrogen-bond acceptors (Lipinski definition) is 5. The third-order valence-electron chi connectivity index (χ3n) is 8.23. The Morgan fingerprint density at radius 2 is 1.73 bits per heavy atom. The number of aryl methyl sites for hydroxylation is 2. The van der Waals surface area contributed by atoms with Crippen LogP contribution >= 0.6 is 0 Å². The number of fused-ring (bicyclic) bond motifs is 1. The monoisotopic (exact) mass is 444 g/mol. The summed E-state index contributed by atoms with van der Waals surface area (Å²) in [5.74, 6) is 3.27. The van der Waals surface area contributed by atoms with Gasteiger partial charge >= 0.3 is 0 Å². The van der Waals surface area contributed by atoms with Crippen LogP contribution in [0.5, 0.6) is 0 Å². The fourth-order valence-corrected chi connectivity index (χ4v) is 7.22. The summed E-state index contributed by atoms with van der Waals surface area (Å²) in [6.07, 6.45) is 10.6. The maximum absolute atomic E-state index is 12.9. The van der Waals surface area contributed by atoms with Gasteiger partial charge in [0.15, 0.2) is 0 Å². The van der Waals surface area contributed by atoms with Crippen LogP contribution in [0, 0.1) is 31.6 Å².